The van der Waals surface area contributed by atoms with E-state index in [0.717, 1.165) is 47.2 Å². The van der Waals surface area contributed by atoms with Crippen molar-refractivity contribution in [3.63, 3.8) is 0 Å². The minimum absolute atomic E-state index is 0.0252. The maximum absolute atomic E-state index is 16.0. The molecule has 1 saturated carbocycles. The fourth-order valence-corrected chi connectivity index (χ4v) is 7.02. The Labute approximate surface area is 218 Å². The van der Waals surface area contributed by atoms with E-state index in [1.54, 1.807) is 9.58 Å². The lowest BCUT2D eigenvalue weighted by atomic mass is 9.82. The molecule has 2 aromatic rings. The largest absolute Gasteiger partial charge is 0.341 e. The van der Waals surface area contributed by atoms with Crippen LogP contribution in [-0.2, 0) is 23.4 Å². The summed E-state index contributed by atoms with van der Waals surface area (Å²) in [4.78, 5) is 30.4. The summed E-state index contributed by atoms with van der Waals surface area (Å²) >= 11 is 0. The highest BCUT2D eigenvalue weighted by Crippen LogP contribution is 2.62. The first-order valence-corrected chi connectivity index (χ1v) is 13.9. The maximum atomic E-state index is 16.0. The van der Waals surface area contributed by atoms with Gasteiger partial charge in [0.25, 0.3) is 5.91 Å². The molecular weight excluding hydrogens is 469 g/mol. The van der Waals surface area contributed by atoms with Crippen molar-refractivity contribution < 1.29 is 14.0 Å². The van der Waals surface area contributed by atoms with E-state index in [1.807, 2.05) is 36.9 Å². The molecule has 37 heavy (non-hydrogen) atoms. The second kappa shape index (κ2) is 8.93. The number of nitrogens with zero attached hydrogens (tertiary/aromatic N) is 4. The number of fused-ring (bicyclic) bond motifs is 3. The third-order valence-electron chi connectivity index (χ3n) is 9.73. The third-order valence-corrected chi connectivity index (χ3v) is 9.73. The molecule has 2 amide bonds. The normalized spacial score (nSPS) is 26.7. The molecule has 0 bridgehead atoms. The first kappa shape index (κ1) is 24.6. The van der Waals surface area contributed by atoms with Crippen LogP contribution in [0.1, 0.15) is 77.0 Å². The predicted molar refractivity (Wildman–Crippen MR) is 139 cm³/mol. The molecule has 1 aromatic heterocycles. The SMILES string of the molecule is Cc1cccc(C2(F)CCN(C(=O)Cn3nc(C(=O)N4CCC(N)CC4)c4c3C[C@H]3[C@@H](C)[C@@H]43)CC2)c1C. The van der Waals surface area contributed by atoms with Gasteiger partial charge in [0.15, 0.2) is 5.69 Å². The summed E-state index contributed by atoms with van der Waals surface area (Å²) in [5.41, 5.74) is 10.1. The molecule has 2 saturated heterocycles. The van der Waals surface area contributed by atoms with Crippen LogP contribution in [-0.4, -0.2) is 63.6 Å². The second-order valence-electron chi connectivity index (χ2n) is 11.8. The van der Waals surface area contributed by atoms with E-state index >= 15 is 4.39 Å². The average molecular weight is 508 g/mol. The zero-order valence-corrected chi connectivity index (χ0v) is 22.2. The van der Waals surface area contributed by atoms with Crippen LogP contribution in [0.4, 0.5) is 4.39 Å². The van der Waals surface area contributed by atoms with Crippen LogP contribution in [0.25, 0.3) is 0 Å². The van der Waals surface area contributed by atoms with Gasteiger partial charge in [-0.25, -0.2) is 4.39 Å². The molecule has 2 aliphatic heterocycles. The Morgan fingerprint density at radius 3 is 2.51 bits per heavy atom. The lowest BCUT2D eigenvalue weighted by Gasteiger charge is -2.37. The Kier molecular flexibility index (Phi) is 5.93. The number of benzene rings is 1. The fourth-order valence-electron chi connectivity index (χ4n) is 7.02. The number of hydrogen-bond acceptors (Lipinski definition) is 4. The van der Waals surface area contributed by atoms with Crippen molar-refractivity contribution in [3.05, 3.63) is 51.8 Å². The fraction of sp³-hybridized carbons (Fsp3) is 0.621. The smallest absolute Gasteiger partial charge is 0.274 e. The third kappa shape index (κ3) is 4.08. The number of hydrogen-bond donors (Lipinski definition) is 1. The van der Waals surface area contributed by atoms with Crippen molar-refractivity contribution in [2.45, 2.75) is 77.0 Å². The van der Waals surface area contributed by atoms with Crippen LogP contribution >= 0.6 is 0 Å². The molecule has 6 rings (SSSR count). The van der Waals surface area contributed by atoms with E-state index < -0.39 is 5.67 Å². The van der Waals surface area contributed by atoms with Crippen molar-refractivity contribution in [2.24, 2.45) is 17.6 Å². The molecule has 2 aliphatic carbocycles. The van der Waals surface area contributed by atoms with E-state index in [1.165, 1.54) is 0 Å². The van der Waals surface area contributed by atoms with Gasteiger partial charge in [-0.3, -0.25) is 14.3 Å². The van der Waals surface area contributed by atoms with Gasteiger partial charge in [-0.2, -0.15) is 5.10 Å². The quantitative estimate of drug-likeness (QED) is 0.687. The first-order chi connectivity index (χ1) is 17.7. The van der Waals surface area contributed by atoms with Crippen LogP contribution in [0, 0.1) is 25.7 Å². The van der Waals surface area contributed by atoms with Crippen molar-refractivity contribution in [3.8, 4) is 0 Å². The number of amides is 2. The average Bonchev–Trinajstić information content (AvgIpc) is 3.18. The zero-order chi connectivity index (χ0) is 26.1. The molecule has 2 N–H and O–H groups in total. The van der Waals surface area contributed by atoms with Crippen molar-refractivity contribution in [1.29, 1.82) is 0 Å². The molecule has 0 radical (unpaired) electrons. The zero-order valence-electron chi connectivity index (χ0n) is 22.2. The van der Waals surface area contributed by atoms with Crippen LogP contribution in [0.15, 0.2) is 18.2 Å². The van der Waals surface area contributed by atoms with E-state index in [4.69, 9.17) is 10.8 Å². The minimum Gasteiger partial charge on any atom is -0.341 e. The van der Waals surface area contributed by atoms with Gasteiger partial charge in [0.2, 0.25) is 5.91 Å². The highest BCUT2D eigenvalue weighted by molar-refractivity contribution is 5.95. The Hall–Kier alpha value is -2.74. The maximum Gasteiger partial charge on any atom is 0.274 e. The molecule has 4 aliphatic rings. The molecular formula is C29H38FN5O2. The molecule has 8 heteroatoms. The van der Waals surface area contributed by atoms with Gasteiger partial charge in [-0.15, -0.1) is 0 Å². The number of carbonyl (C=O) groups is 2. The summed E-state index contributed by atoms with van der Waals surface area (Å²) < 4.78 is 17.7. The predicted octanol–water partition coefficient (Wildman–Crippen LogP) is 3.46. The van der Waals surface area contributed by atoms with Crippen molar-refractivity contribution >= 4 is 11.8 Å². The number of halogens is 1. The number of alkyl halides is 1. The van der Waals surface area contributed by atoms with Gasteiger partial charge in [-0.1, -0.05) is 25.1 Å². The Morgan fingerprint density at radius 2 is 1.81 bits per heavy atom. The van der Waals surface area contributed by atoms with Gasteiger partial charge in [0, 0.05) is 56.3 Å². The monoisotopic (exact) mass is 507 g/mol. The summed E-state index contributed by atoms with van der Waals surface area (Å²) in [5.74, 6) is 1.42. The molecule has 7 nitrogen and oxygen atoms in total. The molecule has 198 valence electrons. The minimum atomic E-state index is -1.41. The van der Waals surface area contributed by atoms with Crippen LogP contribution in [0.5, 0.6) is 0 Å². The summed E-state index contributed by atoms with van der Waals surface area (Å²) in [7, 11) is 0. The summed E-state index contributed by atoms with van der Waals surface area (Å²) in [6, 6.07) is 5.96. The highest BCUT2D eigenvalue weighted by atomic mass is 19.1. The summed E-state index contributed by atoms with van der Waals surface area (Å²) in [5, 5.41) is 4.74. The number of aryl methyl sites for hydroxylation is 1. The summed E-state index contributed by atoms with van der Waals surface area (Å²) in [6.45, 7) is 8.41. The van der Waals surface area contributed by atoms with Gasteiger partial charge in [0.1, 0.15) is 12.2 Å². The molecule has 3 heterocycles. The number of piperidine rings is 2. The molecule has 0 spiro atoms. The topological polar surface area (TPSA) is 84.5 Å². The Morgan fingerprint density at radius 1 is 1.11 bits per heavy atom. The van der Waals surface area contributed by atoms with Gasteiger partial charge >= 0.3 is 0 Å². The van der Waals surface area contributed by atoms with Gasteiger partial charge in [0.05, 0.1) is 0 Å². The standard InChI is InChI=1S/C29H38FN5O2/c1-17-5-4-6-22(18(17)2)29(30)9-13-33(14-10-29)24(36)16-35-23-15-21-19(3)25(21)26(23)27(32-35)28(37)34-11-7-20(31)8-12-34/h4-6,19-21,25H,7-16,31H2,1-3H3/t19-,21+,25-/m1/s1. The van der Waals surface area contributed by atoms with Crippen molar-refractivity contribution in [2.75, 3.05) is 26.2 Å². The van der Waals surface area contributed by atoms with Crippen LogP contribution in [0.2, 0.25) is 0 Å². The van der Waals surface area contributed by atoms with E-state index in [-0.39, 0.29) is 24.4 Å². The molecule has 1 aromatic carbocycles. The number of nitrogens with two attached hydrogens (primary N) is 1. The van der Waals surface area contributed by atoms with Gasteiger partial charge < -0.3 is 15.5 Å². The first-order valence-electron chi connectivity index (χ1n) is 13.9. The number of likely N-dealkylation sites (tertiary alicyclic amines) is 2. The molecule has 3 atom stereocenters. The van der Waals surface area contributed by atoms with E-state index in [0.29, 0.717) is 62.5 Å². The Bertz CT molecular complexity index is 1240. The van der Waals surface area contributed by atoms with Crippen molar-refractivity contribution in [1.82, 2.24) is 19.6 Å². The molecule has 3 fully saturated rings. The van der Waals surface area contributed by atoms with E-state index in [2.05, 4.69) is 6.92 Å². The number of rotatable bonds is 4. The van der Waals surface area contributed by atoms with Crippen LogP contribution in [0.3, 0.4) is 0 Å². The van der Waals surface area contributed by atoms with Crippen LogP contribution < -0.4 is 5.73 Å². The number of carbonyl (C=O) groups excluding carboxylic acids is 2. The Balaban J connectivity index is 1.17. The molecule has 0 unspecified atom stereocenters. The number of aromatic nitrogens is 2. The highest BCUT2D eigenvalue weighted by Gasteiger charge is 2.56. The summed E-state index contributed by atoms with van der Waals surface area (Å²) in [6.07, 6.45) is 3.08. The lowest BCUT2D eigenvalue weighted by Crippen LogP contribution is -2.45. The second-order valence-corrected chi connectivity index (χ2v) is 11.8. The lowest BCUT2D eigenvalue weighted by molar-refractivity contribution is -0.134. The van der Waals surface area contributed by atoms with Gasteiger partial charge in [-0.05, 0) is 67.6 Å². The van der Waals surface area contributed by atoms with E-state index in [9.17, 15) is 9.59 Å².